The van der Waals surface area contributed by atoms with Gasteiger partial charge in [0.1, 0.15) is 11.5 Å². The Labute approximate surface area is 193 Å². The van der Waals surface area contributed by atoms with E-state index in [0.29, 0.717) is 35.7 Å². The number of carbonyl (C=O) groups is 2. The second-order valence-electron chi connectivity index (χ2n) is 7.44. The molecule has 0 aliphatic heterocycles. The van der Waals surface area contributed by atoms with Gasteiger partial charge in [-0.3, -0.25) is 14.6 Å². The van der Waals surface area contributed by atoms with Gasteiger partial charge in [0.25, 0.3) is 5.91 Å². The van der Waals surface area contributed by atoms with Crippen LogP contribution >= 0.6 is 0 Å². The van der Waals surface area contributed by atoms with Crippen LogP contribution in [0.1, 0.15) is 33.9 Å². The Bertz CT molecular complexity index is 1050. The van der Waals surface area contributed by atoms with Crippen molar-refractivity contribution in [3.05, 3.63) is 83.7 Å². The van der Waals surface area contributed by atoms with E-state index in [-0.39, 0.29) is 18.2 Å². The molecule has 33 heavy (non-hydrogen) atoms. The van der Waals surface area contributed by atoms with E-state index >= 15 is 0 Å². The van der Waals surface area contributed by atoms with Crippen LogP contribution in [0.2, 0.25) is 0 Å². The summed E-state index contributed by atoms with van der Waals surface area (Å²) in [5, 5.41) is 5.69. The summed E-state index contributed by atoms with van der Waals surface area (Å²) in [5.74, 6) is 1.04. The maximum Gasteiger partial charge on any atom is 0.255 e. The number of amides is 2. The molecule has 0 aliphatic carbocycles. The molecule has 1 atom stereocenters. The molecule has 8 nitrogen and oxygen atoms in total. The summed E-state index contributed by atoms with van der Waals surface area (Å²) < 4.78 is 10.5. The largest absolute Gasteiger partial charge is 0.497 e. The highest BCUT2D eigenvalue weighted by atomic mass is 16.5. The number of ether oxygens (including phenoxy) is 2. The predicted molar refractivity (Wildman–Crippen MR) is 126 cm³/mol. The molecule has 3 aromatic rings. The predicted octanol–water partition coefficient (Wildman–Crippen LogP) is 3.10. The quantitative estimate of drug-likeness (QED) is 0.439. The van der Waals surface area contributed by atoms with Crippen LogP contribution < -0.4 is 25.8 Å². The van der Waals surface area contributed by atoms with Crippen molar-refractivity contribution in [2.75, 3.05) is 26.1 Å². The van der Waals surface area contributed by atoms with Crippen molar-refractivity contribution in [2.45, 2.75) is 18.9 Å². The second-order valence-corrected chi connectivity index (χ2v) is 7.44. The molecule has 0 spiro atoms. The average molecular weight is 449 g/mol. The number of nitrogens with zero attached hydrogens (tertiary/aromatic N) is 1. The maximum atomic E-state index is 12.3. The molecule has 4 N–H and O–H groups in total. The Kier molecular flexibility index (Phi) is 8.37. The average Bonchev–Trinajstić information content (AvgIpc) is 2.84. The fourth-order valence-corrected chi connectivity index (χ4v) is 3.27. The Balaban J connectivity index is 1.48. The van der Waals surface area contributed by atoms with Crippen molar-refractivity contribution in [3.63, 3.8) is 0 Å². The van der Waals surface area contributed by atoms with Gasteiger partial charge in [-0.2, -0.15) is 0 Å². The van der Waals surface area contributed by atoms with Crippen molar-refractivity contribution in [2.24, 2.45) is 5.73 Å². The lowest BCUT2D eigenvalue weighted by Gasteiger charge is -2.13. The summed E-state index contributed by atoms with van der Waals surface area (Å²) in [6, 6.07) is 15.5. The van der Waals surface area contributed by atoms with Gasteiger partial charge in [0, 0.05) is 48.7 Å². The molecule has 0 bridgehead atoms. The first-order valence-corrected chi connectivity index (χ1v) is 10.5. The highest BCUT2D eigenvalue weighted by Crippen LogP contribution is 2.22. The number of methoxy groups -OCH3 is 2. The number of nitrogens with two attached hydrogens (primary N) is 1. The first-order valence-electron chi connectivity index (χ1n) is 10.5. The van der Waals surface area contributed by atoms with Crippen LogP contribution in [-0.2, 0) is 11.2 Å². The molecule has 1 unspecified atom stereocenters. The van der Waals surface area contributed by atoms with Gasteiger partial charge in [-0.25, -0.2) is 0 Å². The number of rotatable bonds is 10. The van der Waals surface area contributed by atoms with Crippen LogP contribution in [0, 0.1) is 0 Å². The van der Waals surface area contributed by atoms with Gasteiger partial charge in [-0.1, -0.05) is 12.1 Å². The van der Waals surface area contributed by atoms with E-state index in [1.807, 2.05) is 12.1 Å². The summed E-state index contributed by atoms with van der Waals surface area (Å²) in [6.07, 6.45) is 3.99. The Hall–Kier alpha value is -3.91. The van der Waals surface area contributed by atoms with Gasteiger partial charge in [-0.15, -0.1) is 0 Å². The van der Waals surface area contributed by atoms with Crippen molar-refractivity contribution in [1.82, 2.24) is 10.3 Å². The topological polar surface area (TPSA) is 116 Å². The molecule has 2 aromatic carbocycles. The van der Waals surface area contributed by atoms with Crippen molar-refractivity contribution < 1.29 is 19.1 Å². The number of benzene rings is 2. The number of aromatic nitrogens is 1. The first-order chi connectivity index (χ1) is 16.0. The van der Waals surface area contributed by atoms with Gasteiger partial charge in [0.2, 0.25) is 5.91 Å². The number of anilines is 1. The molecule has 0 radical (unpaired) electrons. The number of hydrogen-bond acceptors (Lipinski definition) is 6. The van der Waals surface area contributed by atoms with Crippen LogP contribution in [0.25, 0.3) is 0 Å². The van der Waals surface area contributed by atoms with Crippen LogP contribution in [0.4, 0.5) is 5.69 Å². The summed E-state index contributed by atoms with van der Waals surface area (Å²) >= 11 is 0. The minimum atomic E-state index is -0.473. The third-order valence-corrected chi connectivity index (χ3v) is 5.09. The van der Waals surface area contributed by atoms with Gasteiger partial charge >= 0.3 is 0 Å². The smallest absolute Gasteiger partial charge is 0.255 e. The lowest BCUT2D eigenvalue weighted by atomic mass is 10.0. The van der Waals surface area contributed by atoms with E-state index in [9.17, 15) is 9.59 Å². The number of carbonyl (C=O) groups excluding carboxylic acids is 2. The molecule has 1 aromatic heterocycles. The molecule has 0 saturated carbocycles. The molecule has 2 amide bonds. The van der Waals surface area contributed by atoms with Crippen molar-refractivity contribution in [3.8, 4) is 11.5 Å². The fourth-order valence-electron chi connectivity index (χ4n) is 3.27. The number of pyridine rings is 1. The third kappa shape index (κ3) is 7.05. The van der Waals surface area contributed by atoms with Gasteiger partial charge < -0.3 is 25.8 Å². The number of nitrogens with one attached hydrogen (secondary N) is 2. The SMILES string of the molecule is COc1cc(CCNC(=O)CC(N)c2ccc(C(=O)Nc3ccncc3)cc2)cc(OC)c1. The van der Waals surface area contributed by atoms with E-state index in [1.165, 1.54) is 0 Å². The Morgan fingerprint density at radius 1 is 0.970 bits per heavy atom. The van der Waals surface area contributed by atoms with Crippen molar-refractivity contribution >= 4 is 17.5 Å². The zero-order chi connectivity index (χ0) is 23.6. The minimum absolute atomic E-state index is 0.142. The standard InChI is InChI=1S/C25H28N4O4/c1-32-21-13-17(14-22(15-21)33-2)7-12-28-24(30)16-23(26)18-3-5-19(6-4-18)25(31)29-20-8-10-27-11-9-20/h3-6,8-11,13-15,23H,7,12,16,26H2,1-2H3,(H,28,30)(H,27,29,31). The summed E-state index contributed by atoms with van der Waals surface area (Å²) in [6.45, 7) is 0.468. The summed E-state index contributed by atoms with van der Waals surface area (Å²) in [5.41, 5.74) is 9.15. The molecular weight excluding hydrogens is 420 g/mol. The van der Waals surface area contributed by atoms with Crippen LogP contribution in [-0.4, -0.2) is 37.6 Å². The van der Waals surface area contributed by atoms with E-state index < -0.39 is 6.04 Å². The first kappa shape index (κ1) is 23.7. The molecule has 0 fully saturated rings. The van der Waals surface area contributed by atoms with E-state index in [0.717, 1.165) is 11.1 Å². The zero-order valence-electron chi connectivity index (χ0n) is 18.7. The highest BCUT2D eigenvalue weighted by molar-refractivity contribution is 6.04. The van der Waals surface area contributed by atoms with E-state index in [2.05, 4.69) is 15.6 Å². The zero-order valence-corrected chi connectivity index (χ0v) is 18.7. The van der Waals surface area contributed by atoms with E-state index in [1.54, 1.807) is 69.1 Å². The maximum absolute atomic E-state index is 12.3. The molecule has 0 saturated heterocycles. The monoisotopic (exact) mass is 448 g/mol. The molecule has 8 heteroatoms. The highest BCUT2D eigenvalue weighted by Gasteiger charge is 2.13. The summed E-state index contributed by atoms with van der Waals surface area (Å²) in [4.78, 5) is 28.6. The molecule has 1 heterocycles. The molecule has 3 rings (SSSR count). The van der Waals surface area contributed by atoms with Gasteiger partial charge in [-0.05, 0) is 53.9 Å². The van der Waals surface area contributed by atoms with Crippen LogP contribution in [0.3, 0.4) is 0 Å². The second kappa shape index (κ2) is 11.6. The molecule has 172 valence electrons. The molecule has 0 aliphatic rings. The lowest BCUT2D eigenvalue weighted by Crippen LogP contribution is -2.29. The normalized spacial score (nSPS) is 11.4. The van der Waals surface area contributed by atoms with Crippen LogP contribution in [0.15, 0.2) is 67.0 Å². The lowest BCUT2D eigenvalue weighted by molar-refractivity contribution is -0.121. The fraction of sp³-hybridized carbons (Fsp3) is 0.240. The van der Waals surface area contributed by atoms with Crippen molar-refractivity contribution in [1.29, 1.82) is 0 Å². The van der Waals surface area contributed by atoms with Gasteiger partial charge in [0.05, 0.1) is 14.2 Å². The van der Waals surface area contributed by atoms with Crippen LogP contribution in [0.5, 0.6) is 11.5 Å². The molecular formula is C25H28N4O4. The van der Waals surface area contributed by atoms with Gasteiger partial charge in [0.15, 0.2) is 0 Å². The number of hydrogen-bond donors (Lipinski definition) is 3. The Morgan fingerprint density at radius 3 is 2.21 bits per heavy atom. The Morgan fingerprint density at radius 2 is 1.61 bits per heavy atom. The third-order valence-electron chi connectivity index (χ3n) is 5.09. The summed E-state index contributed by atoms with van der Waals surface area (Å²) in [7, 11) is 3.20. The minimum Gasteiger partial charge on any atom is -0.497 e. The van der Waals surface area contributed by atoms with E-state index in [4.69, 9.17) is 15.2 Å².